The van der Waals surface area contributed by atoms with Crippen LogP contribution in [-0.4, -0.2) is 53.9 Å². The second kappa shape index (κ2) is 11.0. The molecule has 0 saturated heterocycles. The van der Waals surface area contributed by atoms with E-state index in [4.69, 9.17) is 4.74 Å². The van der Waals surface area contributed by atoms with Crippen molar-refractivity contribution in [3.63, 3.8) is 0 Å². The topological polar surface area (TPSA) is 110 Å². The fourth-order valence-electron chi connectivity index (χ4n) is 4.25. The Balaban J connectivity index is 1.45. The monoisotopic (exact) mass is 498 g/mol. The molecule has 0 spiro atoms. The van der Waals surface area contributed by atoms with Crippen LogP contribution in [-0.2, 0) is 14.3 Å². The quantitative estimate of drug-likeness (QED) is 0.370. The summed E-state index contributed by atoms with van der Waals surface area (Å²) in [7, 11) is 0. The zero-order valence-electron chi connectivity index (χ0n) is 20.6. The summed E-state index contributed by atoms with van der Waals surface area (Å²) in [5, 5.41) is 2.79. The fraction of sp³-hybridized carbons (Fsp3) is 0.207. The maximum Gasteiger partial charge on any atom is 0.339 e. The third-order valence-electron chi connectivity index (χ3n) is 6.10. The molecule has 0 aliphatic heterocycles. The number of fused-ring (bicyclic) bond motifs is 2. The second-order valence-corrected chi connectivity index (χ2v) is 8.69. The van der Waals surface area contributed by atoms with Crippen LogP contribution in [0.4, 0.5) is 5.69 Å². The number of para-hydroxylation sites is 1. The van der Waals surface area contributed by atoms with E-state index in [2.05, 4.69) is 5.32 Å². The molecule has 8 nitrogen and oxygen atoms in total. The van der Waals surface area contributed by atoms with Gasteiger partial charge in [0.15, 0.2) is 18.2 Å². The number of nitrogens with one attached hydrogen (secondary N) is 1. The van der Waals surface area contributed by atoms with Crippen LogP contribution in [0, 0.1) is 6.92 Å². The van der Waals surface area contributed by atoms with Crippen molar-refractivity contribution in [1.82, 2.24) is 4.90 Å². The number of nitrogens with zero attached hydrogens (tertiary/aromatic N) is 1. The molecule has 2 amide bonds. The Hall–Kier alpha value is -4.59. The number of amides is 2. The van der Waals surface area contributed by atoms with Gasteiger partial charge in [-0.05, 0) is 31.0 Å². The lowest BCUT2D eigenvalue weighted by Crippen LogP contribution is -2.41. The van der Waals surface area contributed by atoms with Gasteiger partial charge in [-0.15, -0.1) is 0 Å². The van der Waals surface area contributed by atoms with Gasteiger partial charge in [-0.25, -0.2) is 4.79 Å². The van der Waals surface area contributed by atoms with Gasteiger partial charge in [0, 0.05) is 34.5 Å². The number of ketones is 2. The molecule has 0 aromatic heterocycles. The van der Waals surface area contributed by atoms with Crippen LogP contribution in [0.1, 0.15) is 61.1 Å². The van der Waals surface area contributed by atoms with Crippen LogP contribution in [0.25, 0.3) is 0 Å². The molecular formula is C29H26N2O6. The van der Waals surface area contributed by atoms with Gasteiger partial charge in [-0.2, -0.15) is 0 Å². The smallest absolute Gasteiger partial charge is 0.339 e. The highest BCUT2D eigenvalue weighted by Gasteiger charge is 2.33. The first-order valence-electron chi connectivity index (χ1n) is 11.9. The van der Waals surface area contributed by atoms with Crippen molar-refractivity contribution in [1.29, 1.82) is 0 Å². The van der Waals surface area contributed by atoms with E-state index in [9.17, 15) is 24.0 Å². The van der Waals surface area contributed by atoms with E-state index in [1.54, 1.807) is 30.3 Å². The third kappa shape index (κ3) is 5.33. The van der Waals surface area contributed by atoms with Crippen molar-refractivity contribution in [3.8, 4) is 0 Å². The van der Waals surface area contributed by atoms with Crippen LogP contribution < -0.4 is 5.32 Å². The van der Waals surface area contributed by atoms with Crippen molar-refractivity contribution in [2.24, 2.45) is 0 Å². The minimum absolute atomic E-state index is 0.0355. The van der Waals surface area contributed by atoms with E-state index in [-0.39, 0.29) is 46.1 Å². The molecule has 0 fully saturated rings. The standard InChI is InChI=1S/C29H26N2O6/c1-3-15-31(16-24(32)30-23-14-7-4-9-18(23)2)25(33)17-37-29(36)22-13-8-12-21-26(22)28(35)20-11-6-5-10-19(20)27(21)34/h4-14H,3,15-17H2,1-2H3,(H,30,32). The minimum atomic E-state index is -0.897. The van der Waals surface area contributed by atoms with Gasteiger partial charge < -0.3 is 15.0 Å². The average molecular weight is 499 g/mol. The van der Waals surface area contributed by atoms with E-state index in [0.29, 0.717) is 18.7 Å². The Morgan fingerprint density at radius 2 is 1.49 bits per heavy atom. The number of ether oxygens (including phenoxy) is 1. The summed E-state index contributed by atoms with van der Waals surface area (Å²) in [6.07, 6.45) is 0.597. The molecule has 0 bridgehead atoms. The second-order valence-electron chi connectivity index (χ2n) is 8.69. The lowest BCUT2D eigenvalue weighted by atomic mass is 9.82. The Morgan fingerprint density at radius 1 is 0.838 bits per heavy atom. The minimum Gasteiger partial charge on any atom is -0.452 e. The number of rotatable bonds is 8. The van der Waals surface area contributed by atoms with Gasteiger partial charge >= 0.3 is 5.97 Å². The lowest BCUT2D eigenvalue weighted by Gasteiger charge is -2.22. The molecule has 0 heterocycles. The van der Waals surface area contributed by atoms with Gasteiger partial charge in [0.1, 0.15) is 0 Å². The largest absolute Gasteiger partial charge is 0.452 e. The van der Waals surface area contributed by atoms with Crippen LogP contribution >= 0.6 is 0 Å². The lowest BCUT2D eigenvalue weighted by molar-refractivity contribution is -0.137. The predicted octanol–water partition coefficient (Wildman–Crippen LogP) is 3.80. The Morgan fingerprint density at radius 3 is 2.19 bits per heavy atom. The van der Waals surface area contributed by atoms with Crippen molar-refractivity contribution in [2.75, 3.05) is 25.0 Å². The van der Waals surface area contributed by atoms with Gasteiger partial charge in [0.25, 0.3) is 5.91 Å². The normalized spacial score (nSPS) is 11.8. The number of carbonyl (C=O) groups excluding carboxylic acids is 5. The molecule has 4 rings (SSSR count). The first-order chi connectivity index (χ1) is 17.8. The molecule has 1 aliphatic rings. The first-order valence-corrected chi connectivity index (χ1v) is 11.9. The molecule has 37 heavy (non-hydrogen) atoms. The molecule has 0 saturated carbocycles. The zero-order valence-corrected chi connectivity index (χ0v) is 20.6. The van der Waals surface area contributed by atoms with Crippen molar-refractivity contribution >= 4 is 35.0 Å². The molecule has 188 valence electrons. The predicted molar refractivity (Wildman–Crippen MR) is 137 cm³/mol. The third-order valence-corrected chi connectivity index (χ3v) is 6.10. The van der Waals surface area contributed by atoms with Gasteiger partial charge in [-0.3, -0.25) is 19.2 Å². The van der Waals surface area contributed by atoms with E-state index in [1.807, 2.05) is 26.0 Å². The summed E-state index contributed by atoms with van der Waals surface area (Å²) in [6.45, 7) is 3.20. The summed E-state index contributed by atoms with van der Waals surface area (Å²) in [5.74, 6) is -2.63. The van der Waals surface area contributed by atoms with Crippen molar-refractivity contribution < 1.29 is 28.7 Å². The molecule has 3 aromatic rings. The number of hydrogen-bond donors (Lipinski definition) is 1. The molecule has 0 unspecified atom stereocenters. The Bertz CT molecular complexity index is 1410. The summed E-state index contributed by atoms with van der Waals surface area (Å²) in [5.41, 5.74) is 2.02. The van der Waals surface area contributed by atoms with Crippen molar-refractivity contribution in [2.45, 2.75) is 20.3 Å². The maximum atomic E-state index is 13.1. The van der Waals surface area contributed by atoms with Crippen LogP contribution in [0.2, 0.25) is 0 Å². The maximum absolute atomic E-state index is 13.1. The molecule has 1 N–H and O–H groups in total. The summed E-state index contributed by atoms with van der Waals surface area (Å²) in [6, 6.07) is 18.1. The van der Waals surface area contributed by atoms with Crippen molar-refractivity contribution in [3.05, 3.63) is 100 Å². The van der Waals surface area contributed by atoms with E-state index in [0.717, 1.165) is 5.56 Å². The Labute approximate surface area is 214 Å². The van der Waals surface area contributed by atoms with Crippen LogP contribution in [0.3, 0.4) is 0 Å². The highest BCUT2D eigenvalue weighted by molar-refractivity contribution is 6.30. The Kier molecular flexibility index (Phi) is 7.57. The summed E-state index contributed by atoms with van der Waals surface area (Å²) < 4.78 is 5.25. The number of hydrogen-bond acceptors (Lipinski definition) is 6. The average Bonchev–Trinajstić information content (AvgIpc) is 2.90. The van der Waals surface area contributed by atoms with Gasteiger partial charge in [-0.1, -0.05) is 61.5 Å². The number of anilines is 1. The van der Waals surface area contributed by atoms with E-state index >= 15 is 0 Å². The van der Waals surface area contributed by atoms with Crippen LogP contribution in [0.5, 0.6) is 0 Å². The number of aryl methyl sites for hydroxylation is 1. The molecule has 0 atom stereocenters. The number of esters is 1. The summed E-state index contributed by atoms with van der Waals surface area (Å²) in [4.78, 5) is 65.7. The van der Waals surface area contributed by atoms with Crippen LogP contribution in [0.15, 0.2) is 66.7 Å². The highest BCUT2D eigenvalue weighted by atomic mass is 16.5. The molecule has 3 aromatic carbocycles. The molecular weight excluding hydrogens is 472 g/mol. The summed E-state index contributed by atoms with van der Waals surface area (Å²) >= 11 is 0. The van der Waals surface area contributed by atoms with Gasteiger partial charge in [0.2, 0.25) is 5.91 Å². The van der Waals surface area contributed by atoms with Gasteiger partial charge in [0.05, 0.1) is 12.1 Å². The van der Waals surface area contributed by atoms with E-state index in [1.165, 1.54) is 29.2 Å². The fourth-order valence-corrected chi connectivity index (χ4v) is 4.25. The number of carbonyl (C=O) groups is 5. The zero-order chi connectivity index (χ0) is 26.5. The highest BCUT2D eigenvalue weighted by Crippen LogP contribution is 2.29. The first kappa shape index (κ1) is 25.5. The molecule has 1 aliphatic carbocycles. The molecule has 0 radical (unpaired) electrons. The van der Waals surface area contributed by atoms with E-state index < -0.39 is 24.3 Å². The number of benzene rings is 3. The molecule has 8 heteroatoms. The SMILES string of the molecule is CCCN(CC(=O)Nc1ccccc1C)C(=O)COC(=O)c1cccc2c1C(=O)c1ccccc1C2=O.